The van der Waals surface area contributed by atoms with Crippen molar-refractivity contribution in [2.24, 2.45) is 0 Å². The molecular formula is C16H13NO3. The van der Waals surface area contributed by atoms with Gasteiger partial charge in [-0.2, -0.15) is 0 Å². The van der Waals surface area contributed by atoms with E-state index in [0.717, 1.165) is 17.1 Å². The SMILES string of the molecule is OCc1cc(-c2ccc(Oc3ccccc3)cc2)no1. The van der Waals surface area contributed by atoms with E-state index in [0.29, 0.717) is 11.5 Å². The first-order valence-corrected chi connectivity index (χ1v) is 6.25. The van der Waals surface area contributed by atoms with Gasteiger partial charge < -0.3 is 14.4 Å². The zero-order valence-electron chi connectivity index (χ0n) is 10.7. The van der Waals surface area contributed by atoms with Gasteiger partial charge in [0.15, 0.2) is 5.76 Å². The van der Waals surface area contributed by atoms with Crippen LogP contribution in [0.3, 0.4) is 0 Å². The quantitative estimate of drug-likeness (QED) is 0.784. The van der Waals surface area contributed by atoms with E-state index in [-0.39, 0.29) is 6.61 Å². The fourth-order valence-electron chi connectivity index (χ4n) is 1.84. The van der Waals surface area contributed by atoms with Crippen LogP contribution in [0.15, 0.2) is 65.2 Å². The van der Waals surface area contributed by atoms with Crippen LogP contribution in [0.25, 0.3) is 11.3 Å². The molecule has 0 aliphatic carbocycles. The molecule has 20 heavy (non-hydrogen) atoms. The van der Waals surface area contributed by atoms with Gasteiger partial charge >= 0.3 is 0 Å². The van der Waals surface area contributed by atoms with E-state index in [1.807, 2.05) is 54.6 Å². The Morgan fingerprint density at radius 2 is 1.65 bits per heavy atom. The van der Waals surface area contributed by atoms with E-state index in [1.54, 1.807) is 6.07 Å². The summed E-state index contributed by atoms with van der Waals surface area (Å²) in [6.45, 7) is -0.151. The van der Waals surface area contributed by atoms with Crippen LogP contribution in [0.2, 0.25) is 0 Å². The van der Waals surface area contributed by atoms with E-state index >= 15 is 0 Å². The first-order valence-electron chi connectivity index (χ1n) is 6.25. The molecule has 1 heterocycles. The van der Waals surface area contributed by atoms with E-state index in [4.69, 9.17) is 14.4 Å². The van der Waals surface area contributed by atoms with Crippen molar-refractivity contribution in [1.82, 2.24) is 5.16 Å². The number of nitrogens with zero attached hydrogens (tertiary/aromatic N) is 1. The van der Waals surface area contributed by atoms with Gasteiger partial charge in [-0.05, 0) is 36.4 Å². The van der Waals surface area contributed by atoms with E-state index in [2.05, 4.69) is 5.16 Å². The first-order chi connectivity index (χ1) is 9.85. The number of para-hydroxylation sites is 1. The summed E-state index contributed by atoms with van der Waals surface area (Å²) >= 11 is 0. The Hall–Kier alpha value is -2.59. The molecule has 3 rings (SSSR count). The summed E-state index contributed by atoms with van der Waals surface area (Å²) in [6.07, 6.45) is 0. The highest BCUT2D eigenvalue weighted by Crippen LogP contribution is 2.25. The van der Waals surface area contributed by atoms with Gasteiger partial charge in [-0.1, -0.05) is 23.4 Å². The standard InChI is InChI=1S/C16H13NO3/c18-11-15-10-16(17-20-15)12-6-8-14(9-7-12)19-13-4-2-1-3-5-13/h1-10,18H,11H2. The van der Waals surface area contributed by atoms with Crippen LogP contribution in [-0.2, 0) is 6.61 Å². The summed E-state index contributed by atoms with van der Waals surface area (Å²) in [4.78, 5) is 0. The fraction of sp³-hybridized carbons (Fsp3) is 0.0625. The van der Waals surface area contributed by atoms with Crippen LogP contribution in [-0.4, -0.2) is 10.3 Å². The van der Waals surface area contributed by atoms with Gasteiger partial charge in [-0.3, -0.25) is 0 Å². The molecule has 2 aromatic carbocycles. The predicted octanol–water partition coefficient (Wildman–Crippen LogP) is 3.63. The highest BCUT2D eigenvalue weighted by atomic mass is 16.5. The number of aromatic nitrogens is 1. The summed E-state index contributed by atoms with van der Waals surface area (Å²) in [7, 11) is 0. The minimum atomic E-state index is -0.151. The predicted molar refractivity (Wildman–Crippen MR) is 74.4 cm³/mol. The smallest absolute Gasteiger partial charge is 0.162 e. The molecule has 4 heteroatoms. The number of hydrogen-bond acceptors (Lipinski definition) is 4. The monoisotopic (exact) mass is 267 g/mol. The molecule has 0 amide bonds. The number of benzene rings is 2. The number of aliphatic hydroxyl groups excluding tert-OH is 1. The van der Waals surface area contributed by atoms with Crippen molar-refractivity contribution < 1.29 is 14.4 Å². The summed E-state index contributed by atoms with van der Waals surface area (Å²) in [5.74, 6) is 2.00. The Morgan fingerprint density at radius 3 is 2.30 bits per heavy atom. The Labute approximate surface area is 116 Å². The summed E-state index contributed by atoms with van der Waals surface area (Å²) in [5, 5.41) is 12.8. The lowest BCUT2D eigenvalue weighted by Crippen LogP contribution is -1.84. The maximum Gasteiger partial charge on any atom is 0.162 e. The number of ether oxygens (including phenoxy) is 1. The third-order valence-electron chi connectivity index (χ3n) is 2.84. The minimum absolute atomic E-state index is 0.151. The highest BCUT2D eigenvalue weighted by molar-refractivity contribution is 5.59. The topological polar surface area (TPSA) is 55.5 Å². The van der Waals surface area contributed by atoms with Gasteiger partial charge in [-0.25, -0.2) is 0 Å². The second-order valence-corrected chi connectivity index (χ2v) is 4.28. The first kappa shape index (κ1) is 12.4. The van der Waals surface area contributed by atoms with Crippen LogP contribution in [0.5, 0.6) is 11.5 Å². The summed E-state index contributed by atoms with van der Waals surface area (Å²) in [6, 6.07) is 18.9. The minimum Gasteiger partial charge on any atom is -0.457 e. The van der Waals surface area contributed by atoms with E-state index < -0.39 is 0 Å². The van der Waals surface area contributed by atoms with Gasteiger partial charge in [0.2, 0.25) is 0 Å². The molecule has 0 spiro atoms. The fourth-order valence-corrected chi connectivity index (χ4v) is 1.84. The largest absolute Gasteiger partial charge is 0.457 e. The lowest BCUT2D eigenvalue weighted by Gasteiger charge is -2.05. The van der Waals surface area contributed by atoms with Crippen LogP contribution in [0.1, 0.15) is 5.76 Å². The van der Waals surface area contributed by atoms with Crippen LogP contribution >= 0.6 is 0 Å². The Morgan fingerprint density at radius 1 is 0.950 bits per heavy atom. The molecule has 0 fully saturated rings. The van der Waals surface area contributed by atoms with Gasteiger partial charge in [0.05, 0.1) is 0 Å². The maximum absolute atomic E-state index is 8.95. The molecule has 3 aromatic rings. The van der Waals surface area contributed by atoms with Gasteiger partial charge in [0.1, 0.15) is 23.8 Å². The van der Waals surface area contributed by atoms with Crippen molar-refractivity contribution in [2.75, 3.05) is 0 Å². The average molecular weight is 267 g/mol. The molecule has 0 unspecified atom stereocenters. The van der Waals surface area contributed by atoms with Crippen molar-refractivity contribution in [3.8, 4) is 22.8 Å². The lowest BCUT2D eigenvalue weighted by atomic mass is 10.1. The number of aliphatic hydroxyl groups is 1. The van der Waals surface area contributed by atoms with Gasteiger partial charge in [0.25, 0.3) is 0 Å². The van der Waals surface area contributed by atoms with Gasteiger partial charge in [0, 0.05) is 11.6 Å². The zero-order valence-corrected chi connectivity index (χ0v) is 10.7. The lowest BCUT2D eigenvalue weighted by molar-refractivity contribution is 0.229. The summed E-state index contributed by atoms with van der Waals surface area (Å²) < 4.78 is 10.7. The zero-order chi connectivity index (χ0) is 13.8. The molecule has 100 valence electrons. The Kier molecular flexibility index (Phi) is 3.48. The van der Waals surface area contributed by atoms with Crippen LogP contribution in [0.4, 0.5) is 0 Å². The Balaban J connectivity index is 1.77. The second kappa shape index (κ2) is 5.59. The molecule has 0 saturated carbocycles. The normalized spacial score (nSPS) is 10.4. The molecule has 0 aliphatic heterocycles. The molecule has 1 N–H and O–H groups in total. The van der Waals surface area contributed by atoms with Crippen molar-refractivity contribution >= 4 is 0 Å². The molecule has 0 saturated heterocycles. The summed E-state index contributed by atoms with van der Waals surface area (Å²) in [5.41, 5.74) is 1.61. The van der Waals surface area contributed by atoms with Gasteiger partial charge in [-0.15, -0.1) is 0 Å². The highest BCUT2D eigenvalue weighted by Gasteiger charge is 2.06. The molecule has 0 aliphatic rings. The van der Waals surface area contributed by atoms with Crippen LogP contribution < -0.4 is 4.74 Å². The average Bonchev–Trinajstić information content (AvgIpc) is 2.98. The molecule has 0 radical (unpaired) electrons. The Bertz CT molecular complexity index is 674. The molecule has 4 nitrogen and oxygen atoms in total. The van der Waals surface area contributed by atoms with Crippen molar-refractivity contribution in [2.45, 2.75) is 6.61 Å². The molecular weight excluding hydrogens is 254 g/mol. The number of rotatable bonds is 4. The van der Waals surface area contributed by atoms with Crippen LogP contribution in [0, 0.1) is 0 Å². The van der Waals surface area contributed by atoms with E-state index in [1.165, 1.54) is 0 Å². The van der Waals surface area contributed by atoms with Crippen molar-refractivity contribution in [3.05, 3.63) is 66.4 Å². The third kappa shape index (κ3) is 2.70. The molecule has 0 atom stereocenters. The molecule has 0 bridgehead atoms. The maximum atomic E-state index is 8.95. The third-order valence-corrected chi connectivity index (χ3v) is 2.84. The molecule has 1 aromatic heterocycles. The van der Waals surface area contributed by atoms with Crippen molar-refractivity contribution in [1.29, 1.82) is 0 Å². The number of hydrogen-bond donors (Lipinski definition) is 1. The van der Waals surface area contributed by atoms with Crippen molar-refractivity contribution in [3.63, 3.8) is 0 Å². The van der Waals surface area contributed by atoms with E-state index in [9.17, 15) is 0 Å². The second-order valence-electron chi connectivity index (χ2n) is 4.28.